The van der Waals surface area contributed by atoms with Gasteiger partial charge in [0.15, 0.2) is 0 Å². The highest BCUT2D eigenvalue weighted by atomic mass is 79.9. The highest BCUT2D eigenvalue weighted by Gasteiger charge is 2.04. The molecule has 0 amide bonds. The molecule has 0 fully saturated rings. The third kappa shape index (κ3) is 4.20. The molecule has 1 nitrogen and oxygen atoms in total. The number of hydrogen-bond acceptors (Lipinski definition) is 1. The largest absolute Gasteiger partial charge is 0.382 e. The van der Waals surface area contributed by atoms with E-state index in [9.17, 15) is 4.39 Å². The summed E-state index contributed by atoms with van der Waals surface area (Å²) in [5, 5.41) is 3.13. The Kier molecular flexibility index (Phi) is 5.09. The van der Waals surface area contributed by atoms with Crippen LogP contribution < -0.4 is 5.32 Å². The molecule has 0 heterocycles. The normalized spacial score (nSPS) is 12.5. The van der Waals surface area contributed by atoms with Crippen LogP contribution in [0.3, 0.4) is 0 Å². The molecule has 1 unspecified atom stereocenters. The van der Waals surface area contributed by atoms with Gasteiger partial charge in [0.1, 0.15) is 5.82 Å². The fourth-order valence-electron chi connectivity index (χ4n) is 1.51. The van der Waals surface area contributed by atoms with Crippen molar-refractivity contribution in [3.63, 3.8) is 0 Å². The van der Waals surface area contributed by atoms with Crippen molar-refractivity contribution >= 4 is 21.6 Å². The monoisotopic (exact) mass is 273 g/mol. The van der Waals surface area contributed by atoms with Crippen molar-refractivity contribution in [2.75, 3.05) is 11.9 Å². The van der Waals surface area contributed by atoms with Gasteiger partial charge < -0.3 is 5.32 Å². The number of halogens is 2. The molecule has 1 N–H and O–H groups in total. The average molecular weight is 274 g/mol. The van der Waals surface area contributed by atoms with E-state index in [2.05, 4.69) is 35.1 Å². The smallest absolute Gasteiger partial charge is 0.146 e. The van der Waals surface area contributed by atoms with Crippen molar-refractivity contribution in [2.24, 2.45) is 5.92 Å². The first-order valence-electron chi connectivity index (χ1n) is 5.32. The van der Waals surface area contributed by atoms with E-state index in [1.165, 1.54) is 18.9 Å². The fourth-order valence-corrected chi connectivity index (χ4v) is 1.87. The molecule has 0 saturated carbocycles. The quantitative estimate of drug-likeness (QED) is 0.837. The standard InChI is InChI=1S/C12H17BrFN/c1-3-4-9(2)8-15-12-7-10(13)5-6-11(12)14/h5-7,9,15H,3-4,8H2,1-2H3. The Hall–Kier alpha value is -0.570. The van der Waals surface area contributed by atoms with Gasteiger partial charge in [0, 0.05) is 11.0 Å². The summed E-state index contributed by atoms with van der Waals surface area (Å²) in [6.45, 7) is 5.16. The minimum atomic E-state index is -0.193. The van der Waals surface area contributed by atoms with Gasteiger partial charge >= 0.3 is 0 Å². The maximum atomic E-state index is 13.3. The number of anilines is 1. The summed E-state index contributed by atoms with van der Waals surface area (Å²) in [6.07, 6.45) is 2.34. The Balaban J connectivity index is 2.53. The number of rotatable bonds is 5. The number of benzene rings is 1. The predicted molar refractivity (Wildman–Crippen MR) is 66.7 cm³/mol. The molecule has 0 radical (unpaired) electrons. The summed E-state index contributed by atoms with van der Waals surface area (Å²) in [7, 11) is 0. The maximum Gasteiger partial charge on any atom is 0.146 e. The van der Waals surface area contributed by atoms with Gasteiger partial charge in [-0.05, 0) is 30.5 Å². The molecule has 1 aromatic rings. The molecule has 0 aliphatic heterocycles. The molecule has 1 aromatic carbocycles. The van der Waals surface area contributed by atoms with E-state index in [1.807, 2.05) is 0 Å². The van der Waals surface area contributed by atoms with Crippen molar-refractivity contribution in [2.45, 2.75) is 26.7 Å². The second kappa shape index (κ2) is 6.11. The van der Waals surface area contributed by atoms with Gasteiger partial charge in [0.25, 0.3) is 0 Å². The van der Waals surface area contributed by atoms with Crippen molar-refractivity contribution in [1.29, 1.82) is 0 Å². The van der Waals surface area contributed by atoms with Gasteiger partial charge in [-0.25, -0.2) is 4.39 Å². The zero-order chi connectivity index (χ0) is 11.3. The topological polar surface area (TPSA) is 12.0 Å². The molecule has 0 aromatic heterocycles. The van der Waals surface area contributed by atoms with E-state index in [0.29, 0.717) is 11.6 Å². The van der Waals surface area contributed by atoms with Crippen LogP contribution >= 0.6 is 15.9 Å². The first-order valence-corrected chi connectivity index (χ1v) is 6.11. The number of nitrogens with one attached hydrogen (secondary N) is 1. The van der Waals surface area contributed by atoms with Crippen molar-refractivity contribution < 1.29 is 4.39 Å². The van der Waals surface area contributed by atoms with Crippen LogP contribution in [-0.2, 0) is 0 Å². The molecule has 0 aliphatic rings. The molecule has 0 bridgehead atoms. The number of hydrogen-bond donors (Lipinski definition) is 1. The summed E-state index contributed by atoms with van der Waals surface area (Å²) >= 11 is 3.33. The van der Waals surface area contributed by atoms with Gasteiger partial charge in [-0.15, -0.1) is 0 Å². The van der Waals surface area contributed by atoms with Crippen molar-refractivity contribution in [1.82, 2.24) is 0 Å². The van der Waals surface area contributed by atoms with Gasteiger partial charge in [-0.2, -0.15) is 0 Å². The van der Waals surface area contributed by atoms with Gasteiger partial charge in [-0.1, -0.05) is 36.2 Å². The zero-order valence-corrected chi connectivity index (χ0v) is 10.8. The third-order valence-electron chi connectivity index (χ3n) is 2.35. The second-order valence-electron chi connectivity index (χ2n) is 3.90. The summed E-state index contributed by atoms with van der Waals surface area (Å²) in [4.78, 5) is 0. The third-order valence-corrected chi connectivity index (χ3v) is 2.84. The lowest BCUT2D eigenvalue weighted by Crippen LogP contribution is -2.11. The zero-order valence-electron chi connectivity index (χ0n) is 9.19. The second-order valence-corrected chi connectivity index (χ2v) is 4.81. The average Bonchev–Trinajstić information content (AvgIpc) is 2.20. The molecule has 1 rings (SSSR count). The van der Waals surface area contributed by atoms with Crippen LogP contribution in [0.5, 0.6) is 0 Å². The minimum Gasteiger partial charge on any atom is -0.382 e. The molecule has 0 saturated heterocycles. The van der Waals surface area contributed by atoms with E-state index in [4.69, 9.17) is 0 Å². The van der Waals surface area contributed by atoms with Crippen molar-refractivity contribution in [3.05, 3.63) is 28.5 Å². The van der Waals surface area contributed by atoms with E-state index in [-0.39, 0.29) is 5.82 Å². The molecule has 0 aliphatic carbocycles. The van der Waals surface area contributed by atoms with Crippen LogP contribution in [0.2, 0.25) is 0 Å². The van der Waals surface area contributed by atoms with Crippen LogP contribution in [0.15, 0.2) is 22.7 Å². The Labute approximate surface area is 99.2 Å². The van der Waals surface area contributed by atoms with Crippen LogP contribution in [-0.4, -0.2) is 6.54 Å². The molecular weight excluding hydrogens is 257 g/mol. The summed E-state index contributed by atoms with van der Waals surface area (Å²) in [5.41, 5.74) is 0.576. The van der Waals surface area contributed by atoms with Crippen molar-refractivity contribution in [3.8, 4) is 0 Å². The van der Waals surface area contributed by atoms with Gasteiger partial charge in [0.2, 0.25) is 0 Å². The first-order chi connectivity index (χ1) is 7.13. The lowest BCUT2D eigenvalue weighted by Gasteiger charge is -2.13. The van der Waals surface area contributed by atoms with Crippen LogP contribution in [0.4, 0.5) is 10.1 Å². The highest BCUT2D eigenvalue weighted by molar-refractivity contribution is 9.10. The van der Waals surface area contributed by atoms with Crippen LogP contribution in [0.25, 0.3) is 0 Å². The van der Waals surface area contributed by atoms with Gasteiger partial charge in [0.05, 0.1) is 5.69 Å². The molecule has 15 heavy (non-hydrogen) atoms. The van der Waals surface area contributed by atoms with E-state index < -0.39 is 0 Å². The lowest BCUT2D eigenvalue weighted by atomic mass is 10.1. The van der Waals surface area contributed by atoms with E-state index in [1.54, 1.807) is 12.1 Å². The summed E-state index contributed by atoms with van der Waals surface area (Å²) in [5.74, 6) is 0.385. The molecule has 1 atom stereocenters. The Bertz CT molecular complexity index is 314. The Morgan fingerprint density at radius 1 is 1.47 bits per heavy atom. The highest BCUT2D eigenvalue weighted by Crippen LogP contribution is 2.20. The molecule has 84 valence electrons. The minimum absolute atomic E-state index is 0.193. The molecule has 0 spiro atoms. The van der Waals surface area contributed by atoms with E-state index in [0.717, 1.165) is 11.0 Å². The first kappa shape index (κ1) is 12.5. The predicted octanol–water partition coefficient (Wildman–Crippen LogP) is 4.44. The Morgan fingerprint density at radius 2 is 2.20 bits per heavy atom. The maximum absolute atomic E-state index is 13.3. The fraction of sp³-hybridized carbons (Fsp3) is 0.500. The lowest BCUT2D eigenvalue weighted by molar-refractivity contribution is 0.547. The molecular formula is C12H17BrFN. The summed E-state index contributed by atoms with van der Waals surface area (Å²) in [6, 6.07) is 4.95. The summed E-state index contributed by atoms with van der Waals surface area (Å²) < 4.78 is 14.2. The molecule has 3 heteroatoms. The Morgan fingerprint density at radius 3 is 2.87 bits per heavy atom. The van der Waals surface area contributed by atoms with Gasteiger partial charge in [-0.3, -0.25) is 0 Å². The SMILES string of the molecule is CCCC(C)CNc1cc(Br)ccc1F. The van der Waals surface area contributed by atoms with Crippen LogP contribution in [0, 0.1) is 11.7 Å². The van der Waals surface area contributed by atoms with E-state index >= 15 is 0 Å². The van der Waals surface area contributed by atoms with Crippen LogP contribution in [0.1, 0.15) is 26.7 Å².